The molecule has 0 spiro atoms. The molecule has 0 saturated heterocycles. The van der Waals surface area contributed by atoms with E-state index in [9.17, 15) is 4.79 Å². The number of benzene rings is 1. The van der Waals surface area contributed by atoms with Gasteiger partial charge in [0.25, 0.3) is 0 Å². The molecular weight excluding hydrogens is 274 g/mol. The van der Waals surface area contributed by atoms with E-state index in [2.05, 4.69) is 18.8 Å². The van der Waals surface area contributed by atoms with Crippen LogP contribution in [0.1, 0.15) is 12.8 Å². The van der Waals surface area contributed by atoms with Gasteiger partial charge in [0.1, 0.15) is 11.0 Å². The number of aromatic nitrogens is 2. The maximum absolute atomic E-state index is 11.0. The summed E-state index contributed by atoms with van der Waals surface area (Å²) >= 11 is 7.26. The van der Waals surface area contributed by atoms with E-state index in [1.165, 1.54) is 7.11 Å². The molecule has 2 rings (SSSR count). The number of hydrogen-bond acceptors (Lipinski definition) is 6. The minimum Gasteiger partial charge on any atom is -0.469 e. The van der Waals surface area contributed by atoms with Gasteiger partial charge in [0.05, 0.1) is 29.5 Å². The van der Waals surface area contributed by atoms with Gasteiger partial charge in [0.2, 0.25) is 0 Å². The largest absolute Gasteiger partial charge is 0.469 e. The van der Waals surface area contributed by atoms with Crippen LogP contribution in [0.3, 0.4) is 0 Å². The Kier molecular flexibility index (Phi) is 4.33. The molecule has 0 atom stereocenters. The van der Waals surface area contributed by atoms with E-state index in [4.69, 9.17) is 11.6 Å². The van der Waals surface area contributed by atoms with Gasteiger partial charge < -0.3 is 10.1 Å². The summed E-state index contributed by atoms with van der Waals surface area (Å²) in [7, 11) is 1.38. The number of methoxy groups -OCH3 is 1. The first-order valence-corrected chi connectivity index (χ1v) is 6.54. The van der Waals surface area contributed by atoms with Crippen LogP contribution in [0.25, 0.3) is 11.0 Å². The average Bonchev–Trinajstić information content (AvgIpc) is 2.84. The lowest BCUT2D eigenvalue weighted by Gasteiger charge is -2.08. The molecule has 18 heavy (non-hydrogen) atoms. The van der Waals surface area contributed by atoms with Crippen molar-refractivity contribution in [2.45, 2.75) is 12.8 Å². The van der Waals surface area contributed by atoms with Crippen LogP contribution in [0.4, 0.5) is 5.69 Å². The summed E-state index contributed by atoms with van der Waals surface area (Å²) in [4.78, 5) is 11.0. The van der Waals surface area contributed by atoms with Crippen molar-refractivity contribution >= 4 is 46.0 Å². The second-order valence-electron chi connectivity index (χ2n) is 3.66. The maximum Gasteiger partial charge on any atom is 0.305 e. The predicted octanol–water partition coefficient (Wildman–Crippen LogP) is 2.71. The van der Waals surface area contributed by atoms with Crippen LogP contribution in [-0.2, 0) is 9.53 Å². The van der Waals surface area contributed by atoms with Gasteiger partial charge in [-0.15, -0.1) is 0 Å². The van der Waals surface area contributed by atoms with Crippen molar-refractivity contribution in [1.82, 2.24) is 8.75 Å². The summed E-state index contributed by atoms with van der Waals surface area (Å²) in [5.74, 6) is -0.212. The Labute approximate surface area is 113 Å². The number of nitrogens with one attached hydrogen (secondary N) is 1. The second kappa shape index (κ2) is 5.97. The summed E-state index contributed by atoms with van der Waals surface area (Å²) in [6.07, 6.45) is 1.06. The van der Waals surface area contributed by atoms with Crippen molar-refractivity contribution in [3.63, 3.8) is 0 Å². The molecule has 1 aromatic heterocycles. The third-order valence-electron chi connectivity index (χ3n) is 2.46. The lowest BCUT2D eigenvalue weighted by molar-refractivity contribution is -0.140. The number of carbonyl (C=O) groups excluding carboxylic acids is 1. The van der Waals surface area contributed by atoms with Gasteiger partial charge >= 0.3 is 5.97 Å². The van der Waals surface area contributed by atoms with Crippen LogP contribution >= 0.6 is 23.3 Å². The highest BCUT2D eigenvalue weighted by Gasteiger charge is 2.09. The van der Waals surface area contributed by atoms with E-state index in [0.717, 1.165) is 28.4 Å². The lowest BCUT2D eigenvalue weighted by atomic mass is 10.2. The first kappa shape index (κ1) is 13.0. The van der Waals surface area contributed by atoms with Gasteiger partial charge in [-0.25, -0.2) is 0 Å². The Morgan fingerprint density at radius 3 is 3.11 bits per heavy atom. The molecule has 0 bridgehead atoms. The van der Waals surface area contributed by atoms with Crippen molar-refractivity contribution in [1.29, 1.82) is 0 Å². The monoisotopic (exact) mass is 285 g/mol. The molecule has 1 N–H and O–H groups in total. The van der Waals surface area contributed by atoms with Crippen molar-refractivity contribution in [3.05, 3.63) is 17.2 Å². The number of fused-ring (bicyclic) bond motifs is 1. The number of rotatable bonds is 5. The number of anilines is 1. The normalized spacial score (nSPS) is 10.6. The molecule has 0 amide bonds. The summed E-state index contributed by atoms with van der Waals surface area (Å²) in [5, 5.41) is 3.79. The zero-order valence-electron chi connectivity index (χ0n) is 9.77. The van der Waals surface area contributed by atoms with Crippen LogP contribution < -0.4 is 5.32 Å². The van der Waals surface area contributed by atoms with Crippen LogP contribution in [0.15, 0.2) is 12.1 Å². The van der Waals surface area contributed by atoms with Crippen molar-refractivity contribution in [2.75, 3.05) is 19.0 Å². The van der Waals surface area contributed by atoms with Crippen LogP contribution in [0.5, 0.6) is 0 Å². The van der Waals surface area contributed by atoms with Crippen LogP contribution in [0.2, 0.25) is 5.02 Å². The minimum atomic E-state index is -0.212. The van der Waals surface area contributed by atoms with E-state index in [-0.39, 0.29) is 5.97 Å². The van der Waals surface area contributed by atoms with Crippen molar-refractivity contribution in [3.8, 4) is 0 Å². The van der Waals surface area contributed by atoms with Crippen molar-refractivity contribution < 1.29 is 9.53 Å². The standard InChI is InChI=1S/C11H12ClN3O2S/c1-17-9(16)3-2-6-13-10-7(12)4-5-8-11(10)15-18-14-8/h4-5,13H,2-3,6H2,1H3. The topological polar surface area (TPSA) is 64.1 Å². The number of hydrogen-bond donors (Lipinski definition) is 1. The summed E-state index contributed by atoms with van der Waals surface area (Å²) in [5.41, 5.74) is 2.36. The van der Waals surface area contributed by atoms with Gasteiger partial charge in [-0.2, -0.15) is 8.75 Å². The third-order valence-corrected chi connectivity index (χ3v) is 3.32. The molecule has 0 fully saturated rings. The van der Waals surface area contributed by atoms with Gasteiger partial charge in [-0.1, -0.05) is 11.6 Å². The fourth-order valence-corrected chi connectivity index (χ4v) is 2.31. The zero-order valence-corrected chi connectivity index (χ0v) is 11.3. The van der Waals surface area contributed by atoms with Crippen LogP contribution in [0, 0.1) is 0 Å². The highest BCUT2D eigenvalue weighted by Crippen LogP contribution is 2.29. The molecule has 0 aliphatic rings. The van der Waals surface area contributed by atoms with E-state index in [1.807, 2.05) is 6.07 Å². The summed E-state index contributed by atoms with van der Waals surface area (Å²) in [6.45, 7) is 0.630. The number of nitrogens with zero attached hydrogens (tertiary/aromatic N) is 2. The SMILES string of the molecule is COC(=O)CCCNc1c(Cl)ccc2nsnc12. The molecule has 0 unspecified atom stereocenters. The zero-order chi connectivity index (χ0) is 13.0. The first-order valence-electron chi connectivity index (χ1n) is 5.44. The molecule has 96 valence electrons. The van der Waals surface area contributed by atoms with Gasteiger partial charge in [-0.3, -0.25) is 4.79 Å². The summed E-state index contributed by atoms with van der Waals surface area (Å²) < 4.78 is 12.9. The third kappa shape index (κ3) is 2.88. The second-order valence-corrected chi connectivity index (χ2v) is 4.60. The highest BCUT2D eigenvalue weighted by molar-refractivity contribution is 7.00. The fraction of sp³-hybridized carbons (Fsp3) is 0.364. The molecule has 0 radical (unpaired) electrons. The Morgan fingerprint density at radius 2 is 2.33 bits per heavy atom. The first-order chi connectivity index (χ1) is 8.72. The molecule has 0 saturated carbocycles. The minimum absolute atomic E-state index is 0.212. The number of carbonyl (C=O) groups is 1. The smallest absolute Gasteiger partial charge is 0.305 e. The van der Waals surface area contributed by atoms with Crippen molar-refractivity contribution in [2.24, 2.45) is 0 Å². The van der Waals surface area contributed by atoms with E-state index < -0.39 is 0 Å². The van der Waals surface area contributed by atoms with E-state index in [1.54, 1.807) is 6.07 Å². The molecular formula is C11H12ClN3O2S. The quantitative estimate of drug-likeness (QED) is 0.676. The Morgan fingerprint density at radius 1 is 1.50 bits per heavy atom. The van der Waals surface area contributed by atoms with E-state index in [0.29, 0.717) is 24.4 Å². The average molecular weight is 286 g/mol. The van der Waals surface area contributed by atoms with Gasteiger partial charge in [0.15, 0.2) is 0 Å². The Bertz CT molecular complexity index is 558. The highest BCUT2D eigenvalue weighted by atomic mass is 35.5. The molecule has 0 aliphatic carbocycles. The molecule has 2 aromatic rings. The maximum atomic E-state index is 11.0. The van der Waals surface area contributed by atoms with Crippen LogP contribution in [-0.4, -0.2) is 28.4 Å². The van der Waals surface area contributed by atoms with E-state index >= 15 is 0 Å². The Hall–Kier alpha value is -1.40. The Balaban J connectivity index is 2.00. The summed E-state index contributed by atoms with van der Waals surface area (Å²) in [6, 6.07) is 3.62. The fourth-order valence-electron chi connectivity index (χ4n) is 1.54. The van der Waals surface area contributed by atoms with Gasteiger partial charge in [-0.05, 0) is 18.6 Å². The predicted molar refractivity (Wildman–Crippen MR) is 72.2 cm³/mol. The number of ether oxygens (including phenoxy) is 1. The van der Waals surface area contributed by atoms with Gasteiger partial charge in [0, 0.05) is 13.0 Å². The molecule has 5 nitrogen and oxygen atoms in total. The molecule has 1 aromatic carbocycles. The number of esters is 1. The molecule has 0 aliphatic heterocycles. The number of halogens is 1. The molecule has 1 heterocycles. The lowest BCUT2D eigenvalue weighted by Crippen LogP contribution is -2.07. The molecule has 7 heteroatoms.